The summed E-state index contributed by atoms with van der Waals surface area (Å²) < 4.78 is 5.18. The summed E-state index contributed by atoms with van der Waals surface area (Å²) in [5.41, 5.74) is 3.52. The lowest BCUT2D eigenvalue weighted by molar-refractivity contribution is 0.0739. The number of hydrogen-bond donors (Lipinski definition) is 1. The summed E-state index contributed by atoms with van der Waals surface area (Å²) >= 11 is 1.66. The van der Waals surface area contributed by atoms with E-state index in [9.17, 15) is 9.90 Å². The van der Waals surface area contributed by atoms with Crippen molar-refractivity contribution in [3.8, 4) is 11.5 Å². The molecule has 1 amide bonds. The van der Waals surface area contributed by atoms with E-state index in [1.54, 1.807) is 24.5 Å². The molecule has 23 heavy (non-hydrogen) atoms. The fraction of sp³-hybridized carbons (Fsp3) is 0.389. The number of amides is 1. The van der Waals surface area contributed by atoms with Crippen LogP contribution >= 0.6 is 11.3 Å². The van der Waals surface area contributed by atoms with Crippen molar-refractivity contribution in [1.82, 2.24) is 4.90 Å². The Morgan fingerprint density at radius 3 is 2.83 bits per heavy atom. The number of aryl methyl sites for hydroxylation is 2. The van der Waals surface area contributed by atoms with Gasteiger partial charge in [-0.1, -0.05) is 0 Å². The van der Waals surface area contributed by atoms with Crippen LogP contribution in [-0.2, 0) is 25.8 Å². The number of ether oxygens (including phenoxy) is 1. The minimum Gasteiger partial charge on any atom is -0.504 e. The van der Waals surface area contributed by atoms with Crippen LogP contribution < -0.4 is 4.74 Å². The smallest absolute Gasteiger partial charge is 0.264 e. The predicted molar refractivity (Wildman–Crippen MR) is 89.4 cm³/mol. The second-order valence-corrected chi connectivity index (χ2v) is 7.32. The van der Waals surface area contributed by atoms with Crippen molar-refractivity contribution in [3.05, 3.63) is 44.6 Å². The minimum atomic E-state index is 0.127. The molecule has 0 atom stereocenters. The molecule has 0 bridgehead atoms. The molecule has 4 rings (SSSR count). The molecule has 4 nitrogen and oxygen atoms in total. The summed E-state index contributed by atoms with van der Waals surface area (Å²) in [4.78, 5) is 16.9. The largest absolute Gasteiger partial charge is 0.504 e. The Hall–Kier alpha value is -2.01. The second-order valence-electron chi connectivity index (χ2n) is 6.18. The topological polar surface area (TPSA) is 49.8 Å². The van der Waals surface area contributed by atoms with Crippen LogP contribution in [0.1, 0.15) is 37.7 Å². The van der Waals surface area contributed by atoms with Crippen LogP contribution in [0.25, 0.3) is 0 Å². The third kappa shape index (κ3) is 2.49. The molecule has 1 N–H and O–H groups in total. The zero-order valence-electron chi connectivity index (χ0n) is 13.1. The maximum Gasteiger partial charge on any atom is 0.264 e. The molecule has 0 radical (unpaired) electrons. The first-order valence-corrected chi connectivity index (χ1v) is 8.77. The van der Waals surface area contributed by atoms with Crippen LogP contribution in [0.3, 0.4) is 0 Å². The summed E-state index contributed by atoms with van der Waals surface area (Å²) in [6, 6.07) is 5.69. The monoisotopic (exact) mass is 329 g/mol. The molecule has 1 aromatic carbocycles. The first kappa shape index (κ1) is 14.6. The molecule has 1 aromatic heterocycles. The van der Waals surface area contributed by atoms with Gasteiger partial charge in [-0.3, -0.25) is 4.79 Å². The molecular weight excluding hydrogens is 310 g/mol. The molecule has 120 valence electrons. The Bertz CT molecular complexity index is 759. The van der Waals surface area contributed by atoms with Gasteiger partial charge in [0.05, 0.1) is 12.0 Å². The maximum absolute atomic E-state index is 12.8. The van der Waals surface area contributed by atoms with E-state index in [4.69, 9.17) is 4.74 Å². The number of fused-ring (bicyclic) bond motifs is 2. The standard InChI is InChI=1S/C18H19NO3S/c1-22-15-8-13-10-19(6-5-11(13)7-14(15)20)18(21)17-9-12-3-2-4-16(12)23-17/h7-9,20H,2-6,10H2,1H3. The van der Waals surface area contributed by atoms with Crippen molar-refractivity contribution in [3.63, 3.8) is 0 Å². The third-order valence-corrected chi connectivity index (χ3v) is 5.98. The number of benzene rings is 1. The van der Waals surface area contributed by atoms with Gasteiger partial charge in [-0.05, 0) is 60.6 Å². The van der Waals surface area contributed by atoms with Crippen LogP contribution in [0.2, 0.25) is 0 Å². The average Bonchev–Trinajstić information content (AvgIpc) is 3.14. The highest BCUT2D eigenvalue weighted by atomic mass is 32.1. The fourth-order valence-electron chi connectivity index (χ4n) is 3.50. The van der Waals surface area contributed by atoms with Gasteiger partial charge < -0.3 is 14.7 Å². The van der Waals surface area contributed by atoms with E-state index in [1.807, 2.05) is 11.0 Å². The molecule has 5 heteroatoms. The zero-order valence-corrected chi connectivity index (χ0v) is 13.9. The Balaban J connectivity index is 1.58. The van der Waals surface area contributed by atoms with Crippen LogP contribution in [0.4, 0.5) is 0 Å². The van der Waals surface area contributed by atoms with Gasteiger partial charge in [-0.2, -0.15) is 0 Å². The third-order valence-electron chi connectivity index (χ3n) is 4.76. The zero-order chi connectivity index (χ0) is 16.0. The summed E-state index contributed by atoms with van der Waals surface area (Å²) in [5, 5.41) is 9.88. The van der Waals surface area contributed by atoms with Crippen molar-refractivity contribution in [2.75, 3.05) is 13.7 Å². The van der Waals surface area contributed by atoms with Gasteiger partial charge in [0.25, 0.3) is 5.91 Å². The van der Waals surface area contributed by atoms with Crippen LogP contribution in [0.15, 0.2) is 18.2 Å². The number of phenolic OH excluding ortho intramolecular Hbond substituents is 1. The van der Waals surface area contributed by atoms with Crippen LogP contribution in [-0.4, -0.2) is 29.6 Å². The number of hydrogen-bond acceptors (Lipinski definition) is 4. The number of aromatic hydroxyl groups is 1. The first-order valence-electron chi connectivity index (χ1n) is 7.95. The number of phenols is 1. The molecule has 2 aromatic rings. The Kier molecular flexibility index (Phi) is 3.53. The number of rotatable bonds is 2. The molecule has 0 spiro atoms. The number of carbonyl (C=O) groups excluding carboxylic acids is 1. The highest BCUT2D eigenvalue weighted by Crippen LogP contribution is 2.34. The van der Waals surface area contributed by atoms with Gasteiger partial charge in [-0.25, -0.2) is 0 Å². The van der Waals surface area contributed by atoms with Crippen molar-refractivity contribution in [2.24, 2.45) is 0 Å². The number of methoxy groups -OCH3 is 1. The molecule has 1 aliphatic heterocycles. The van der Waals surface area contributed by atoms with Gasteiger partial charge in [0.15, 0.2) is 11.5 Å². The maximum atomic E-state index is 12.8. The highest BCUT2D eigenvalue weighted by Gasteiger charge is 2.26. The quantitative estimate of drug-likeness (QED) is 0.921. The van der Waals surface area contributed by atoms with E-state index in [-0.39, 0.29) is 11.7 Å². The molecule has 1 aliphatic carbocycles. The van der Waals surface area contributed by atoms with Gasteiger partial charge in [0.1, 0.15) is 0 Å². The lowest BCUT2D eigenvalue weighted by Gasteiger charge is -2.29. The predicted octanol–water partition coefficient (Wildman–Crippen LogP) is 3.15. The summed E-state index contributed by atoms with van der Waals surface area (Å²) in [6.45, 7) is 1.27. The number of nitrogens with zero attached hydrogens (tertiary/aromatic N) is 1. The van der Waals surface area contributed by atoms with E-state index in [1.165, 1.54) is 16.9 Å². The van der Waals surface area contributed by atoms with E-state index in [2.05, 4.69) is 6.07 Å². The SMILES string of the molecule is COc1cc2c(cc1O)CCN(C(=O)c1cc3c(s1)CCC3)C2. The fourth-order valence-corrected chi connectivity index (χ4v) is 4.72. The number of carbonyl (C=O) groups is 1. The Labute approximate surface area is 139 Å². The molecule has 0 fully saturated rings. The highest BCUT2D eigenvalue weighted by molar-refractivity contribution is 7.14. The van der Waals surface area contributed by atoms with E-state index < -0.39 is 0 Å². The molecular formula is C18H19NO3S. The molecule has 2 heterocycles. The molecule has 2 aliphatic rings. The van der Waals surface area contributed by atoms with Crippen LogP contribution in [0.5, 0.6) is 11.5 Å². The lowest BCUT2D eigenvalue weighted by atomic mass is 9.98. The van der Waals surface area contributed by atoms with E-state index >= 15 is 0 Å². The van der Waals surface area contributed by atoms with E-state index in [0.29, 0.717) is 18.8 Å². The average molecular weight is 329 g/mol. The summed E-state index contributed by atoms with van der Waals surface area (Å²) in [5.74, 6) is 0.760. The van der Waals surface area contributed by atoms with Gasteiger partial charge in [-0.15, -0.1) is 11.3 Å². The van der Waals surface area contributed by atoms with Crippen molar-refractivity contribution >= 4 is 17.2 Å². The van der Waals surface area contributed by atoms with Crippen molar-refractivity contribution < 1.29 is 14.6 Å². The molecule has 0 saturated heterocycles. The second kappa shape index (κ2) is 5.57. The minimum absolute atomic E-state index is 0.127. The lowest BCUT2D eigenvalue weighted by Crippen LogP contribution is -2.35. The summed E-state index contributed by atoms with van der Waals surface area (Å²) in [7, 11) is 1.54. The van der Waals surface area contributed by atoms with Crippen LogP contribution in [0, 0.1) is 0 Å². The summed E-state index contributed by atoms with van der Waals surface area (Å²) in [6.07, 6.45) is 4.21. The van der Waals surface area contributed by atoms with Crippen molar-refractivity contribution in [2.45, 2.75) is 32.2 Å². The molecule has 0 unspecified atom stereocenters. The first-order chi connectivity index (χ1) is 11.2. The van der Waals surface area contributed by atoms with Gasteiger partial charge in [0, 0.05) is 18.0 Å². The molecule has 0 saturated carbocycles. The Morgan fingerprint density at radius 1 is 1.17 bits per heavy atom. The number of thiophene rings is 1. The van der Waals surface area contributed by atoms with Gasteiger partial charge >= 0.3 is 0 Å². The van der Waals surface area contributed by atoms with Crippen molar-refractivity contribution in [1.29, 1.82) is 0 Å². The Morgan fingerprint density at radius 2 is 2.04 bits per heavy atom. The van der Waals surface area contributed by atoms with Gasteiger partial charge in [0.2, 0.25) is 0 Å². The normalized spacial score (nSPS) is 16.1. The van der Waals surface area contributed by atoms with E-state index in [0.717, 1.165) is 35.3 Å².